The van der Waals surface area contributed by atoms with Gasteiger partial charge in [-0.1, -0.05) is 27.2 Å². The molecule has 0 aliphatic heterocycles. The molecule has 0 atom stereocenters. The zero-order chi connectivity index (χ0) is 16.4. The van der Waals surface area contributed by atoms with Gasteiger partial charge in [-0.05, 0) is 25.6 Å². The number of anilines is 1. The van der Waals surface area contributed by atoms with Crippen LogP contribution in [0.1, 0.15) is 44.0 Å². The predicted octanol–water partition coefficient (Wildman–Crippen LogP) is 2.34. The lowest BCUT2D eigenvalue weighted by Gasteiger charge is -2.18. The van der Waals surface area contributed by atoms with Crippen molar-refractivity contribution < 1.29 is 9.53 Å². The molecule has 0 aliphatic carbocycles. The standard InChI is InChI=1S/C16H28N4O2.ClH/c1-4-7-10-22-15-12-13(11-14(17)19-15)16(21)18-8-9-20(5-2)6-3;/h11-12H,4-10H2,1-3H3,(H2,17,19)(H,18,21);1H. The summed E-state index contributed by atoms with van der Waals surface area (Å²) >= 11 is 0. The van der Waals surface area contributed by atoms with Gasteiger partial charge in [0.05, 0.1) is 6.61 Å². The summed E-state index contributed by atoms with van der Waals surface area (Å²) in [5.74, 6) is 0.548. The van der Waals surface area contributed by atoms with E-state index >= 15 is 0 Å². The normalized spacial score (nSPS) is 10.3. The largest absolute Gasteiger partial charge is 0.478 e. The Labute approximate surface area is 145 Å². The summed E-state index contributed by atoms with van der Waals surface area (Å²) in [7, 11) is 0. The molecule has 0 saturated carbocycles. The summed E-state index contributed by atoms with van der Waals surface area (Å²) in [6.45, 7) is 10.3. The Balaban J connectivity index is 0.00000484. The van der Waals surface area contributed by atoms with Crippen LogP contribution in [0.4, 0.5) is 5.82 Å². The van der Waals surface area contributed by atoms with Crippen LogP contribution < -0.4 is 15.8 Å². The first-order valence-corrected chi connectivity index (χ1v) is 8.01. The monoisotopic (exact) mass is 344 g/mol. The maximum atomic E-state index is 12.2. The van der Waals surface area contributed by atoms with Gasteiger partial charge in [0.25, 0.3) is 5.91 Å². The van der Waals surface area contributed by atoms with Crippen molar-refractivity contribution in [2.24, 2.45) is 0 Å². The van der Waals surface area contributed by atoms with Gasteiger partial charge in [0.2, 0.25) is 5.88 Å². The number of nitrogens with one attached hydrogen (secondary N) is 1. The Hall–Kier alpha value is -1.53. The first kappa shape index (κ1) is 21.5. The zero-order valence-electron chi connectivity index (χ0n) is 14.3. The summed E-state index contributed by atoms with van der Waals surface area (Å²) in [6, 6.07) is 3.21. The molecule has 1 heterocycles. The molecule has 1 rings (SSSR count). The van der Waals surface area contributed by atoms with Crippen molar-refractivity contribution in [2.45, 2.75) is 33.6 Å². The Morgan fingerprint density at radius 3 is 2.61 bits per heavy atom. The summed E-state index contributed by atoms with van der Waals surface area (Å²) < 4.78 is 5.52. The molecule has 0 unspecified atom stereocenters. The van der Waals surface area contributed by atoms with Gasteiger partial charge < -0.3 is 20.7 Å². The second kappa shape index (κ2) is 12.0. The molecule has 6 nitrogen and oxygen atoms in total. The maximum Gasteiger partial charge on any atom is 0.251 e. The fraction of sp³-hybridized carbons (Fsp3) is 0.625. The summed E-state index contributed by atoms with van der Waals surface area (Å²) in [4.78, 5) is 18.5. The number of unbranched alkanes of at least 4 members (excludes halogenated alkanes) is 1. The van der Waals surface area contributed by atoms with Crippen molar-refractivity contribution in [1.82, 2.24) is 15.2 Å². The van der Waals surface area contributed by atoms with Gasteiger partial charge in [0, 0.05) is 24.7 Å². The predicted molar refractivity (Wildman–Crippen MR) is 96.4 cm³/mol. The number of hydrogen-bond acceptors (Lipinski definition) is 5. The Morgan fingerprint density at radius 2 is 2.00 bits per heavy atom. The van der Waals surface area contributed by atoms with Crippen LogP contribution in [0, 0.1) is 0 Å². The van der Waals surface area contributed by atoms with Crippen molar-refractivity contribution >= 4 is 24.1 Å². The summed E-state index contributed by atoms with van der Waals surface area (Å²) in [5.41, 5.74) is 6.23. The highest BCUT2D eigenvalue weighted by molar-refractivity contribution is 5.95. The molecule has 1 amide bonds. The number of ether oxygens (including phenoxy) is 1. The molecule has 0 aromatic carbocycles. The Morgan fingerprint density at radius 1 is 1.30 bits per heavy atom. The molecule has 3 N–H and O–H groups in total. The molecular formula is C16H29ClN4O2. The molecule has 1 aromatic heterocycles. The number of likely N-dealkylation sites (N-methyl/N-ethyl adjacent to an activating group) is 1. The Kier molecular flexibility index (Phi) is 11.2. The van der Waals surface area contributed by atoms with Crippen LogP contribution in [0.25, 0.3) is 0 Å². The highest BCUT2D eigenvalue weighted by Crippen LogP contribution is 2.14. The number of nitrogens with two attached hydrogens (primary N) is 1. The number of carbonyl (C=O) groups is 1. The van der Waals surface area contributed by atoms with Crippen molar-refractivity contribution in [3.8, 4) is 5.88 Å². The molecule has 0 aliphatic rings. The number of halogens is 1. The van der Waals surface area contributed by atoms with E-state index in [1.165, 1.54) is 0 Å². The number of nitrogens with zero attached hydrogens (tertiary/aromatic N) is 2. The number of nitrogen functional groups attached to an aromatic ring is 1. The molecule has 23 heavy (non-hydrogen) atoms. The van der Waals surface area contributed by atoms with E-state index < -0.39 is 0 Å². The molecule has 7 heteroatoms. The van der Waals surface area contributed by atoms with Crippen molar-refractivity contribution in [2.75, 3.05) is 38.5 Å². The van der Waals surface area contributed by atoms with E-state index in [1.807, 2.05) is 0 Å². The zero-order valence-corrected chi connectivity index (χ0v) is 15.1. The average molecular weight is 345 g/mol. The van der Waals surface area contributed by atoms with Crippen LogP contribution >= 0.6 is 12.4 Å². The van der Waals surface area contributed by atoms with Crippen LogP contribution in [0.3, 0.4) is 0 Å². The van der Waals surface area contributed by atoms with Gasteiger partial charge in [-0.25, -0.2) is 0 Å². The van der Waals surface area contributed by atoms with Gasteiger partial charge in [0.1, 0.15) is 5.82 Å². The molecule has 0 spiro atoms. The number of hydrogen-bond donors (Lipinski definition) is 2. The quantitative estimate of drug-likeness (QED) is 0.637. The number of pyridine rings is 1. The molecule has 132 valence electrons. The lowest BCUT2D eigenvalue weighted by atomic mass is 10.2. The molecule has 0 fully saturated rings. The van der Waals surface area contributed by atoms with E-state index in [0.29, 0.717) is 30.4 Å². The third-order valence-corrected chi connectivity index (χ3v) is 3.44. The molecule has 0 saturated heterocycles. The van der Waals surface area contributed by atoms with Crippen LogP contribution in [-0.2, 0) is 0 Å². The minimum Gasteiger partial charge on any atom is -0.478 e. The first-order valence-electron chi connectivity index (χ1n) is 8.01. The highest BCUT2D eigenvalue weighted by atomic mass is 35.5. The third kappa shape index (κ3) is 8.04. The molecule has 0 radical (unpaired) electrons. The minimum atomic E-state index is -0.151. The van der Waals surface area contributed by atoms with Gasteiger partial charge in [-0.3, -0.25) is 4.79 Å². The smallest absolute Gasteiger partial charge is 0.251 e. The van der Waals surface area contributed by atoms with E-state index in [2.05, 4.69) is 36.0 Å². The molecule has 0 bridgehead atoms. The third-order valence-electron chi connectivity index (χ3n) is 3.44. The lowest BCUT2D eigenvalue weighted by molar-refractivity contribution is 0.0948. The maximum absolute atomic E-state index is 12.2. The van der Waals surface area contributed by atoms with Crippen molar-refractivity contribution in [3.05, 3.63) is 17.7 Å². The van der Waals surface area contributed by atoms with Gasteiger partial charge in [-0.15, -0.1) is 12.4 Å². The summed E-state index contributed by atoms with van der Waals surface area (Å²) in [5, 5.41) is 2.90. The average Bonchev–Trinajstić information content (AvgIpc) is 2.51. The van der Waals surface area contributed by atoms with Crippen molar-refractivity contribution in [1.29, 1.82) is 0 Å². The number of aromatic nitrogens is 1. The fourth-order valence-electron chi connectivity index (χ4n) is 2.02. The molecule has 1 aromatic rings. The minimum absolute atomic E-state index is 0. The van der Waals surface area contributed by atoms with Crippen LogP contribution in [0.15, 0.2) is 12.1 Å². The number of carbonyl (C=O) groups excluding carboxylic acids is 1. The molecular weight excluding hydrogens is 316 g/mol. The van der Waals surface area contributed by atoms with E-state index in [0.717, 1.165) is 32.5 Å². The topological polar surface area (TPSA) is 80.5 Å². The van der Waals surface area contributed by atoms with E-state index in [9.17, 15) is 4.79 Å². The van der Waals surface area contributed by atoms with Gasteiger partial charge in [0.15, 0.2) is 0 Å². The Bertz CT molecular complexity index is 467. The SMILES string of the molecule is CCCCOc1cc(C(=O)NCCN(CC)CC)cc(N)n1.Cl. The number of rotatable bonds is 10. The van der Waals surface area contributed by atoms with E-state index in [4.69, 9.17) is 10.5 Å². The van der Waals surface area contributed by atoms with Gasteiger partial charge in [-0.2, -0.15) is 4.98 Å². The van der Waals surface area contributed by atoms with Crippen molar-refractivity contribution in [3.63, 3.8) is 0 Å². The van der Waals surface area contributed by atoms with Gasteiger partial charge >= 0.3 is 0 Å². The van der Waals surface area contributed by atoms with E-state index in [-0.39, 0.29) is 18.3 Å². The number of amides is 1. The van der Waals surface area contributed by atoms with Crippen LogP contribution in [0.5, 0.6) is 5.88 Å². The second-order valence-electron chi connectivity index (χ2n) is 5.10. The van der Waals surface area contributed by atoms with E-state index in [1.54, 1.807) is 12.1 Å². The second-order valence-corrected chi connectivity index (χ2v) is 5.10. The lowest BCUT2D eigenvalue weighted by Crippen LogP contribution is -2.34. The van der Waals surface area contributed by atoms with Crippen LogP contribution in [0.2, 0.25) is 0 Å². The highest BCUT2D eigenvalue weighted by Gasteiger charge is 2.10. The fourth-order valence-corrected chi connectivity index (χ4v) is 2.02. The van der Waals surface area contributed by atoms with Crippen LogP contribution in [-0.4, -0.2) is 48.6 Å². The summed E-state index contributed by atoms with van der Waals surface area (Å²) in [6.07, 6.45) is 1.99. The first-order chi connectivity index (χ1) is 10.6.